The first-order valence-corrected chi connectivity index (χ1v) is 10.7. The van der Waals surface area contributed by atoms with Gasteiger partial charge in [-0.25, -0.2) is 4.68 Å². The molecule has 0 spiro atoms. The van der Waals surface area contributed by atoms with Gasteiger partial charge in [0.2, 0.25) is 6.33 Å². The molecule has 0 saturated carbocycles. The van der Waals surface area contributed by atoms with E-state index in [2.05, 4.69) is 15.3 Å². The molecule has 3 rings (SSSR count). The van der Waals surface area contributed by atoms with Crippen LogP contribution in [0.25, 0.3) is 0 Å². The van der Waals surface area contributed by atoms with Crippen LogP contribution < -0.4 is 0 Å². The summed E-state index contributed by atoms with van der Waals surface area (Å²) in [6.45, 7) is 2.64. The summed E-state index contributed by atoms with van der Waals surface area (Å²) < 4.78 is 37.9. The Hall–Kier alpha value is -3.65. The Morgan fingerprint density at radius 3 is 2.56 bits per heavy atom. The zero-order valence-electron chi connectivity index (χ0n) is 17.2. The molecule has 0 aliphatic rings. The molecule has 0 aliphatic carbocycles. The molecular weight excluding hydrogens is 444 g/mol. The molecule has 170 valence electrons. The predicted molar refractivity (Wildman–Crippen MR) is 108 cm³/mol. The number of carbonyl (C=O) groups is 1. The molecule has 0 aliphatic heterocycles. The molecule has 0 N–H and O–H groups in total. The summed E-state index contributed by atoms with van der Waals surface area (Å²) in [4.78, 5) is 25.0. The second kappa shape index (κ2) is 9.65. The lowest BCUT2D eigenvalue weighted by molar-refractivity contribution is -0.389. The van der Waals surface area contributed by atoms with Crippen molar-refractivity contribution in [2.75, 3.05) is 13.2 Å². The Bertz CT molecular complexity index is 1200. The lowest BCUT2D eigenvalue weighted by Gasteiger charge is -2.16. The monoisotopic (exact) mass is 464 g/mol. The van der Waals surface area contributed by atoms with Crippen molar-refractivity contribution in [1.82, 2.24) is 24.5 Å². The van der Waals surface area contributed by atoms with Gasteiger partial charge in [-0.3, -0.25) is 8.98 Å². The maximum atomic E-state index is 12.5. The fourth-order valence-corrected chi connectivity index (χ4v) is 3.58. The van der Waals surface area contributed by atoms with Gasteiger partial charge in [-0.05, 0) is 29.0 Å². The molecule has 0 fully saturated rings. The highest BCUT2D eigenvalue weighted by molar-refractivity contribution is 7.86. The van der Waals surface area contributed by atoms with Crippen molar-refractivity contribution in [3.8, 4) is 0 Å². The average Bonchev–Trinajstić information content (AvgIpc) is 3.38. The second-order valence-corrected chi connectivity index (χ2v) is 8.47. The number of carbonyl (C=O) groups excluding carboxylic acids is 1. The normalized spacial score (nSPS) is 12.4. The van der Waals surface area contributed by atoms with Crippen LogP contribution in [0.15, 0.2) is 47.9 Å². The van der Waals surface area contributed by atoms with Gasteiger partial charge in [-0.1, -0.05) is 22.9 Å². The zero-order chi connectivity index (χ0) is 23.3. The van der Waals surface area contributed by atoms with E-state index in [1.54, 1.807) is 12.1 Å². The third-order valence-corrected chi connectivity index (χ3v) is 5.58. The average molecular weight is 464 g/mol. The summed E-state index contributed by atoms with van der Waals surface area (Å²) in [5.41, 5.74) is 1.32. The lowest BCUT2D eigenvalue weighted by Crippen LogP contribution is -2.24. The molecule has 0 bridgehead atoms. The van der Waals surface area contributed by atoms with Crippen molar-refractivity contribution in [2.24, 2.45) is 0 Å². The lowest BCUT2D eigenvalue weighted by atomic mass is 10.2. The summed E-state index contributed by atoms with van der Waals surface area (Å²) in [6, 6.07) is 5.39. The first-order chi connectivity index (χ1) is 15.1. The van der Waals surface area contributed by atoms with Gasteiger partial charge in [0.1, 0.15) is 24.5 Å². The molecule has 3 aromatic rings. The molecule has 1 unspecified atom stereocenters. The minimum atomic E-state index is -4.04. The maximum Gasteiger partial charge on any atom is 0.381 e. The van der Waals surface area contributed by atoms with E-state index in [0.29, 0.717) is 5.69 Å². The molecular formula is C18H20N6O7S. The number of rotatable bonds is 10. The third kappa shape index (κ3) is 5.95. The van der Waals surface area contributed by atoms with Crippen LogP contribution >= 0.6 is 0 Å². The number of aromatic nitrogens is 5. The third-order valence-electron chi connectivity index (χ3n) is 4.29. The fraction of sp³-hybridized carbons (Fsp3) is 0.333. The Balaban J connectivity index is 1.73. The molecule has 2 aromatic heterocycles. The number of nitro groups is 1. The smallest absolute Gasteiger partial charge is 0.381 e. The minimum absolute atomic E-state index is 0.00434. The largest absolute Gasteiger partial charge is 0.463 e. The first-order valence-electron chi connectivity index (χ1n) is 9.30. The molecule has 14 heteroatoms. The van der Waals surface area contributed by atoms with Gasteiger partial charge in [0.15, 0.2) is 0 Å². The zero-order valence-corrected chi connectivity index (χ0v) is 18.0. The van der Waals surface area contributed by atoms with Gasteiger partial charge in [0, 0.05) is 6.92 Å². The van der Waals surface area contributed by atoms with Crippen molar-refractivity contribution >= 4 is 21.9 Å². The van der Waals surface area contributed by atoms with Crippen LogP contribution in [0.1, 0.15) is 24.2 Å². The molecule has 2 heterocycles. The molecule has 0 amide bonds. The van der Waals surface area contributed by atoms with Gasteiger partial charge in [0.25, 0.3) is 10.1 Å². The van der Waals surface area contributed by atoms with Gasteiger partial charge in [-0.15, -0.1) is 5.10 Å². The summed E-state index contributed by atoms with van der Waals surface area (Å²) in [6.07, 6.45) is 4.03. The van der Waals surface area contributed by atoms with Gasteiger partial charge in [-0.2, -0.15) is 8.42 Å². The summed E-state index contributed by atoms with van der Waals surface area (Å²) in [5, 5.41) is 18.7. The number of esters is 1. The first kappa shape index (κ1) is 23.0. The number of hydrogen-bond donors (Lipinski definition) is 0. The van der Waals surface area contributed by atoms with Crippen molar-refractivity contribution in [2.45, 2.75) is 31.3 Å². The van der Waals surface area contributed by atoms with Gasteiger partial charge < -0.3 is 19.4 Å². The highest BCUT2D eigenvalue weighted by Gasteiger charge is 2.22. The molecule has 1 atom stereocenters. The number of ether oxygens (including phenoxy) is 1. The number of aryl methyl sites for hydroxylation is 1. The summed E-state index contributed by atoms with van der Waals surface area (Å²) in [5.74, 6) is -0.859. The van der Waals surface area contributed by atoms with E-state index in [4.69, 9.17) is 8.92 Å². The molecule has 32 heavy (non-hydrogen) atoms. The quantitative estimate of drug-likeness (QED) is 0.185. The van der Waals surface area contributed by atoms with Crippen molar-refractivity contribution in [3.05, 3.63) is 64.4 Å². The topological polar surface area (TPSA) is 161 Å². The van der Waals surface area contributed by atoms with Crippen molar-refractivity contribution in [3.63, 3.8) is 0 Å². The summed E-state index contributed by atoms with van der Waals surface area (Å²) in [7, 11) is -4.04. The van der Waals surface area contributed by atoms with Gasteiger partial charge in [0.05, 0.1) is 24.2 Å². The van der Waals surface area contributed by atoms with E-state index in [1.807, 2.05) is 6.92 Å². The predicted octanol–water partition coefficient (Wildman–Crippen LogP) is 1.25. The molecule has 1 aromatic carbocycles. The maximum absolute atomic E-state index is 12.5. The van der Waals surface area contributed by atoms with Crippen LogP contribution in [-0.2, 0) is 30.4 Å². The van der Waals surface area contributed by atoms with Crippen LogP contribution in [0, 0.1) is 17.0 Å². The van der Waals surface area contributed by atoms with E-state index in [1.165, 1.54) is 47.0 Å². The minimum Gasteiger partial charge on any atom is -0.463 e. The van der Waals surface area contributed by atoms with Crippen LogP contribution in [0.3, 0.4) is 0 Å². The van der Waals surface area contributed by atoms with Gasteiger partial charge >= 0.3 is 11.8 Å². The fourth-order valence-electron chi connectivity index (χ4n) is 2.64. The molecule has 13 nitrogen and oxygen atoms in total. The van der Waals surface area contributed by atoms with E-state index < -0.39 is 27.1 Å². The highest BCUT2D eigenvalue weighted by atomic mass is 32.2. The van der Waals surface area contributed by atoms with E-state index >= 15 is 0 Å². The van der Waals surface area contributed by atoms with Crippen molar-refractivity contribution < 1.29 is 27.1 Å². The Kier molecular flexibility index (Phi) is 6.95. The number of nitrogens with zero attached hydrogens (tertiary/aromatic N) is 6. The number of hydrogen-bond acceptors (Lipinski definition) is 10. The van der Waals surface area contributed by atoms with Crippen LogP contribution in [-0.4, -0.2) is 57.1 Å². The second-order valence-electron chi connectivity index (χ2n) is 6.86. The molecule has 0 radical (unpaired) electrons. The molecule has 0 saturated heterocycles. The van der Waals surface area contributed by atoms with Crippen molar-refractivity contribution in [1.29, 1.82) is 0 Å². The Labute approximate surface area is 182 Å². The number of benzene rings is 1. The van der Waals surface area contributed by atoms with E-state index in [9.17, 15) is 23.3 Å². The highest BCUT2D eigenvalue weighted by Crippen LogP contribution is 2.17. The Morgan fingerprint density at radius 1 is 1.22 bits per heavy atom. The van der Waals surface area contributed by atoms with E-state index in [-0.39, 0.29) is 30.5 Å². The Morgan fingerprint density at radius 2 is 1.94 bits per heavy atom. The van der Waals surface area contributed by atoms with Crippen LogP contribution in [0.4, 0.5) is 5.82 Å². The SMILES string of the molecule is CC(=O)OCC(COS(=O)(=O)c1ccc(C)cc1)n1cc(Cn2cnc([N+](=O)[O-])c2)nn1. The summed E-state index contributed by atoms with van der Waals surface area (Å²) >= 11 is 0. The van der Waals surface area contributed by atoms with Crippen LogP contribution in [0.2, 0.25) is 0 Å². The van der Waals surface area contributed by atoms with E-state index in [0.717, 1.165) is 5.56 Å². The standard InChI is InChI=1S/C18H20N6O7S/c1-13-3-5-17(6-4-13)32(28,29)31-11-16(10-30-14(2)25)23-8-15(20-21-23)7-22-9-18(19-12-22)24(26)27/h3-6,8-9,12,16H,7,10-11H2,1-2H3. The van der Waals surface area contributed by atoms with Crippen LogP contribution in [0.5, 0.6) is 0 Å². The number of imidazole rings is 1.